The molecule has 0 aromatic heterocycles. The van der Waals surface area contributed by atoms with E-state index in [0.717, 1.165) is 23.3 Å². The molecule has 1 N–H and O–H groups in total. The Kier molecular flexibility index (Phi) is 4.25. The Morgan fingerprint density at radius 1 is 0.950 bits per heavy atom. The zero-order valence-corrected chi connectivity index (χ0v) is 10.6. The third kappa shape index (κ3) is 3.27. The number of rotatable bonds is 3. The molecule has 104 valence electrons. The number of aliphatic hydroxyl groups excluding tert-OH is 1. The van der Waals surface area contributed by atoms with Crippen LogP contribution in [-0.2, 0) is 6.18 Å². The molecular weight excluding hydrogens is 265 g/mol. The molecule has 0 aliphatic heterocycles. The summed E-state index contributed by atoms with van der Waals surface area (Å²) in [6.07, 6.45) is -0.995. The van der Waals surface area contributed by atoms with Crippen LogP contribution < -0.4 is 0 Å². The smallest absolute Gasteiger partial charge is 0.392 e. The second kappa shape index (κ2) is 5.92. The van der Waals surface area contributed by atoms with Gasteiger partial charge in [0.2, 0.25) is 0 Å². The highest BCUT2D eigenvalue weighted by atomic mass is 19.4. The molecule has 2 aromatic rings. The minimum Gasteiger partial charge on any atom is -0.392 e. The molecule has 0 spiro atoms. The van der Waals surface area contributed by atoms with Crippen LogP contribution >= 0.6 is 0 Å². The first-order valence-electron chi connectivity index (χ1n) is 6.06. The minimum atomic E-state index is -4.32. The predicted octanol–water partition coefficient (Wildman–Crippen LogP) is 4.38. The third-order valence-corrected chi connectivity index (χ3v) is 2.89. The van der Waals surface area contributed by atoms with Gasteiger partial charge in [0.05, 0.1) is 12.2 Å². The fourth-order valence-electron chi connectivity index (χ4n) is 1.92. The summed E-state index contributed by atoms with van der Waals surface area (Å²) < 4.78 is 37.6. The number of hydrogen-bond donors (Lipinski definition) is 1. The molecule has 0 saturated carbocycles. The first kappa shape index (κ1) is 14.3. The fraction of sp³-hybridized carbons (Fsp3) is 0.125. The van der Waals surface area contributed by atoms with Crippen LogP contribution in [0.4, 0.5) is 13.2 Å². The molecule has 20 heavy (non-hydrogen) atoms. The van der Waals surface area contributed by atoms with Gasteiger partial charge < -0.3 is 5.11 Å². The Balaban J connectivity index is 2.39. The van der Waals surface area contributed by atoms with Crippen molar-refractivity contribution >= 4 is 6.08 Å². The monoisotopic (exact) mass is 278 g/mol. The van der Waals surface area contributed by atoms with Crippen LogP contribution in [0.15, 0.2) is 54.6 Å². The Hall–Kier alpha value is -2.07. The van der Waals surface area contributed by atoms with Gasteiger partial charge >= 0.3 is 6.18 Å². The van der Waals surface area contributed by atoms with Crippen molar-refractivity contribution in [1.29, 1.82) is 0 Å². The van der Waals surface area contributed by atoms with Gasteiger partial charge in [-0.3, -0.25) is 0 Å². The van der Waals surface area contributed by atoms with Gasteiger partial charge in [0.25, 0.3) is 0 Å². The molecular formula is C16H13F3O. The van der Waals surface area contributed by atoms with Crippen molar-refractivity contribution in [3.63, 3.8) is 0 Å². The topological polar surface area (TPSA) is 20.2 Å². The van der Waals surface area contributed by atoms with Crippen LogP contribution in [0.3, 0.4) is 0 Å². The minimum absolute atomic E-state index is 0.0820. The second-order valence-corrected chi connectivity index (χ2v) is 4.25. The lowest BCUT2D eigenvalue weighted by Gasteiger charge is -2.09. The maximum absolute atomic E-state index is 12.5. The molecule has 0 amide bonds. The van der Waals surface area contributed by atoms with Crippen LogP contribution in [0.2, 0.25) is 0 Å². The molecule has 1 nitrogen and oxygen atoms in total. The Morgan fingerprint density at radius 2 is 1.60 bits per heavy atom. The number of alkyl halides is 3. The summed E-state index contributed by atoms with van der Waals surface area (Å²) in [5.41, 5.74) is 1.72. The van der Waals surface area contributed by atoms with Crippen LogP contribution in [0.1, 0.15) is 11.1 Å². The normalized spacial score (nSPS) is 12.0. The van der Waals surface area contributed by atoms with Gasteiger partial charge in [-0.15, -0.1) is 0 Å². The summed E-state index contributed by atoms with van der Waals surface area (Å²) in [5.74, 6) is 0. The van der Waals surface area contributed by atoms with E-state index >= 15 is 0 Å². The molecule has 0 unspecified atom stereocenters. The molecule has 0 fully saturated rings. The van der Waals surface area contributed by atoms with E-state index in [1.807, 2.05) is 24.3 Å². The van der Waals surface area contributed by atoms with E-state index in [0.29, 0.717) is 5.56 Å². The number of benzene rings is 2. The molecule has 0 aliphatic rings. The van der Waals surface area contributed by atoms with Crippen molar-refractivity contribution in [3.05, 3.63) is 65.7 Å². The lowest BCUT2D eigenvalue weighted by Crippen LogP contribution is -2.04. The van der Waals surface area contributed by atoms with E-state index in [9.17, 15) is 13.2 Å². The van der Waals surface area contributed by atoms with Crippen molar-refractivity contribution < 1.29 is 18.3 Å². The maximum atomic E-state index is 12.5. The lowest BCUT2D eigenvalue weighted by atomic mass is 9.98. The quantitative estimate of drug-likeness (QED) is 0.883. The Bertz CT molecular complexity index is 598. The summed E-state index contributed by atoms with van der Waals surface area (Å²) >= 11 is 0. The van der Waals surface area contributed by atoms with Crippen LogP contribution in [0.25, 0.3) is 17.2 Å². The first-order chi connectivity index (χ1) is 9.52. The zero-order chi connectivity index (χ0) is 14.6. The second-order valence-electron chi connectivity index (χ2n) is 4.25. The van der Waals surface area contributed by atoms with Gasteiger partial charge in [-0.05, 0) is 28.8 Å². The molecule has 2 rings (SSSR count). The fourth-order valence-corrected chi connectivity index (χ4v) is 1.92. The van der Waals surface area contributed by atoms with Crippen molar-refractivity contribution in [2.24, 2.45) is 0 Å². The predicted molar refractivity (Wildman–Crippen MR) is 73.0 cm³/mol. The standard InChI is InChI=1S/C16H13F3O/c17-16(18,19)14-9-7-13(8-10-14)15-6-2-1-4-12(15)5-3-11-20/h1-10,20H,11H2/b5-3+. The van der Waals surface area contributed by atoms with E-state index < -0.39 is 11.7 Å². The lowest BCUT2D eigenvalue weighted by molar-refractivity contribution is -0.137. The van der Waals surface area contributed by atoms with Gasteiger partial charge in [0.1, 0.15) is 0 Å². The largest absolute Gasteiger partial charge is 0.416 e. The van der Waals surface area contributed by atoms with Gasteiger partial charge in [-0.25, -0.2) is 0 Å². The summed E-state index contributed by atoms with van der Waals surface area (Å²) in [5, 5.41) is 8.80. The van der Waals surface area contributed by atoms with Crippen molar-refractivity contribution in [2.75, 3.05) is 6.61 Å². The van der Waals surface area contributed by atoms with Gasteiger partial charge in [-0.2, -0.15) is 13.2 Å². The van der Waals surface area contributed by atoms with Crippen molar-refractivity contribution in [1.82, 2.24) is 0 Å². The van der Waals surface area contributed by atoms with Gasteiger partial charge in [0, 0.05) is 0 Å². The van der Waals surface area contributed by atoms with E-state index in [-0.39, 0.29) is 6.61 Å². The summed E-state index contributed by atoms with van der Waals surface area (Å²) in [4.78, 5) is 0. The number of halogens is 3. The first-order valence-corrected chi connectivity index (χ1v) is 6.06. The highest BCUT2D eigenvalue weighted by Gasteiger charge is 2.29. The highest BCUT2D eigenvalue weighted by Crippen LogP contribution is 2.32. The van der Waals surface area contributed by atoms with Crippen molar-refractivity contribution in [3.8, 4) is 11.1 Å². The van der Waals surface area contributed by atoms with Crippen LogP contribution in [0.5, 0.6) is 0 Å². The van der Waals surface area contributed by atoms with E-state index in [1.165, 1.54) is 12.1 Å². The molecule has 0 aliphatic carbocycles. The number of aliphatic hydroxyl groups is 1. The van der Waals surface area contributed by atoms with E-state index in [2.05, 4.69) is 0 Å². The summed E-state index contributed by atoms with van der Waals surface area (Å²) in [6.45, 7) is -0.0820. The van der Waals surface area contributed by atoms with E-state index in [1.54, 1.807) is 12.2 Å². The molecule has 0 heterocycles. The molecule has 0 atom stereocenters. The average molecular weight is 278 g/mol. The van der Waals surface area contributed by atoms with Gasteiger partial charge in [0.15, 0.2) is 0 Å². The maximum Gasteiger partial charge on any atom is 0.416 e. The zero-order valence-electron chi connectivity index (χ0n) is 10.6. The average Bonchev–Trinajstić information content (AvgIpc) is 2.45. The molecule has 0 saturated heterocycles. The third-order valence-electron chi connectivity index (χ3n) is 2.89. The molecule has 2 aromatic carbocycles. The summed E-state index contributed by atoms with van der Waals surface area (Å²) in [6, 6.07) is 12.4. The molecule has 0 bridgehead atoms. The van der Waals surface area contributed by atoms with Crippen LogP contribution in [-0.4, -0.2) is 11.7 Å². The highest BCUT2D eigenvalue weighted by molar-refractivity contribution is 5.75. The van der Waals surface area contributed by atoms with E-state index in [4.69, 9.17) is 5.11 Å². The Morgan fingerprint density at radius 3 is 2.20 bits per heavy atom. The molecule has 4 heteroatoms. The summed E-state index contributed by atoms with van der Waals surface area (Å²) in [7, 11) is 0. The molecule has 0 radical (unpaired) electrons. The SMILES string of the molecule is OC/C=C/c1ccccc1-c1ccc(C(F)(F)F)cc1. The van der Waals surface area contributed by atoms with Gasteiger partial charge in [-0.1, -0.05) is 48.6 Å². The Labute approximate surface area is 115 Å². The van der Waals surface area contributed by atoms with Crippen molar-refractivity contribution in [2.45, 2.75) is 6.18 Å². The number of hydrogen-bond acceptors (Lipinski definition) is 1. The van der Waals surface area contributed by atoms with Crippen LogP contribution in [0, 0.1) is 0 Å².